The molecule has 0 bridgehead atoms. The lowest BCUT2D eigenvalue weighted by atomic mass is 10.2. The van der Waals surface area contributed by atoms with Gasteiger partial charge in [-0.25, -0.2) is 13.2 Å². The number of ether oxygens (including phenoxy) is 1. The van der Waals surface area contributed by atoms with Gasteiger partial charge in [0.25, 0.3) is 0 Å². The van der Waals surface area contributed by atoms with Crippen LogP contribution in [0, 0.1) is 40.0 Å². The van der Waals surface area contributed by atoms with Crippen LogP contribution in [0.3, 0.4) is 0 Å². The Bertz CT molecular complexity index is 1020. The maximum atomic E-state index is 14.1. The van der Waals surface area contributed by atoms with Crippen LogP contribution >= 0.6 is 0 Å². The van der Waals surface area contributed by atoms with E-state index in [0.717, 1.165) is 6.07 Å². The molecule has 152 valence electrons. The Balaban J connectivity index is 2.52. The van der Waals surface area contributed by atoms with Gasteiger partial charge in [-0.15, -0.1) is 0 Å². The van der Waals surface area contributed by atoms with Crippen molar-refractivity contribution in [2.24, 2.45) is 10.8 Å². The van der Waals surface area contributed by atoms with E-state index in [1.807, 2.05) is 5.43 Å². The fourth-order valence-electron chi connectivity index (χ4n) is 1.90. The second-order valence-electron chi connectivity index (χ2n) is 5.20. The van der Waals surface area contributed by atoms with Gasteiger partial charge in [-0.1, -0.05) is 0 Å². The van der Waals surface area contributed by atoms with Crippen molar-refractivity contribution in [3.63, 3.8) is 0 Å². The lowest BCUT2D eigenvalue weighted by Crippen LogP contribution is -2.22. The molecule has 0 aliphatic carbocycles. The Hall–Kier alpha value is -3.82. The van der Waals surface area contributed by atoms with Crippen LogP contribution < -0.4 is 15.9 Å². The fraction of sp³-hybridized carbons (Fsp3) is 0.0625. The predicted octanol–water partition coefficient (Wildman–Crippen LogP) is 4.28. The van der Waals surface area contributed by atoms with Crippen LogP contribution in [0.15, 0.2) is 29.4 Å². The maximum Gasteiger partial charge on any atom is 0.416 e. The number of hydrogen-bond acceptors (Lipinski definition) is 5. The van der Waals surface area contributed by atoms with E-state index in [-0.39, 0.29) is 12.1 Å². The zero-order chi connectivity index (χ0) is 21.9. The first-order valence-corrected chi connectivity index (χ1v) is 7.26. The number of nitrogens with one attached hydrogen (secondary N) is 2. The number of anilines is 1. The molecular weight excluding hydrogens is 411 g/mol. The van der Waals surface area contributed by atoms with Crippen LogP contribution in [-0.2, 0) is 6.18 Å². The lowest BCUT2D eigenvalue weighted by molar-refractivity contribution is -0.138. The van der Waals surface area contributed by atoms with Crippen LogP contribution in [0.2, 0.25) is 0 Å². The third-order valence-corrected chi connectivity index (χ3v) is 3.23. The molecule has 13 heteroatoms. The molecule has 0 aromatic heterocycles. The molecule has 0 atom stereocenters. The molecule has 2 rings (SSSR count). The van der Waals surface area contributed by atoms with Gasteiger partial charge in [0.05, 0.1) is 5.56 Å². The Morgan fingerprint density at radius 3 is 2.14 bits per heavy atom. The van der Waals surface area contributed by atoms with Crippen molar-refractivity contribution < 1.29 is 35.5 Å². The van der Waals surface area contributed by atoms with Crippen LogP contribution in [-0.4, -0.2) is 11.5 Å². The SMILES string of the molecule is N#C/C(=N\Nc1ccc(F)c(F)c1Oc1c(F)cc(C(F)(F)F)cc1F)C(=N)N. The highest BCUT2D eigenvalue weighted by atomic mass is 19.4. The van der Waals surface area contributed by atoms with Crippen LogP contribution in [0.5, 0.6) is 11.5 Å². The Morgan fingerprint density at radius 1 is 1.07 bits per heavy atom. The summed E-state index contributed by atoms with van der Waals surface area (Å²) in [6.45, 7) is 0. The van der Waals surface area contributed by atoms with E-state index >= 15 is 0 Å². The quantitative estimate of drug-likeness (QED) is 0.291. The van der Waals surface area contributed by atoms with Gasteiger partial charge in [0.2, 0.25) is 11.5 Å². The van der Waals surface area contributed by atoms with Crippen molar-refractivity contribution in [1.29, 1.82) is 10.7 Å². The highest BCUT2D eigenvalue weighted by Gasteiger charge is 2.33. The van der Waals surface area contributed by atoms with Gasteiger partial charge in [0, 0.05) is 0 Å². The van der Waals surface area contributed by atoms with E-state index in [0.29, 0.717) is 6.07 Å². The van der Waals surface area contributed by atoms with Crippen molar-refractivity contribution >= 4 is 17.2 Å². The van der Waals surface area contributed by atoms with E-state index in [9.17, 15) is 30.7 Å². The molecule has 0 spiro atoms. The second-order valence-corrected chi connectivity index (χ2v) is 5.20. The highest BCUT2D eigenvalue weighted by Crippen LogP contribution is 2.39. The number of nitrogens with two attached hydrogens (primary N) is 1. The van der Waals surface area contributed by atoms with Gasteiger partial charge in [-0.2, -0.15) is 27.9 Å². The van der Waals surface area contributed by atoms with Crippen molar-refractivity contribution in [3.05, 3.63) is 53.1 Å². The number of hydrazone groups is 1. The van der Waals surface area contributed by atoms with Crippen molar-refractivity contribution in [2.75, 3.05) is 5.43 Å². The summed E-state index contributed by atoms with van der Waals surface area (Å²) in [5.74, 6) is -10.4. The average molecular weight is 419 g/mol. The first-order chi connectivity index (χ1) is 13.5. The van der Waals surface area contributed by atoms with Gasteiger partial charge in [-0.3, -0.25) is 10.8 Å². The third-order valence-electron chi connectivity index (χ3n) is 3.23. The summed E-state index contributed by atoms with van der Waals surface area (Å²) < 4.78 is 98.0. The van der Waals surface area contributed by atoms with E-state index in [1.54, 1.807) is 0 Å². The van der Waals surface area contributed by atoms with Crippen molar-refractivity contribution in [3.8, 4) is 17.6 Å². The standard InChI is InChI=1S/C16H8F7N5O/c17-7-1-2-10(27-28-11(5-24)15(25)26)14(12(7)20)29-13-8(18)3-6(4-9(13)19)16(21,22)23/h1-4,27H,(H3,25,26)/b28-11+. The number of nitrogens with zero attached hydrogens (tertiary/aromatic N) is 2. The van der Waals surface area contributed by atoms with Crippen molar-refractivity contribution in [2.45, 2.75) is 6.18 Å². The molecule has 29 heavy (non-hydrogen) atoms. The summed E-state index contributed by atoms with van der Waals surface area (Å²) in [7, 11) is 0. The van der Waals surface area contributed by atoms with Gasteiger partial charge < -0.3 is 10.5 Å². The number of amidine groups is 1. The molecule has 2 aromatic rings. The van der Waals surface area contributed by atoms with Crippen LogP contribution in [0.25, 0.3) is 0 Å². The van der Waals surface area contributed by atoms with E-state index < -0.39 is 63.7 Å². The molecule has 0 saturated heterocycles. The second kappa shape index (κ2) is 8.05. The average Bonchev–Trinajstić information content (AvgIpc) is 2.62. The molecule has 0 radical (unpaired) electrons. The summed E-state index contributed by atoms with van der Waals surface area (Å²) in [6.07, 6.45) is -5.06. The van der Waals surface area contributed by atoms with E-state index in [4.69, 9.17) is 16.4 Å². The smallest absolute Gasteiger partial charge is 0.416 e. The molecule has 2 aromatic carbocycles. The zero-order valence-corrected chi connectivity index (χ0v) is 13.8. The van der Waals surface area contributed by atoms with Crippen molar-refractivity contribution in [1.82, 2.24) is 0 Å². The van der Waals surface area contributed by atoms with Gasteiger partial charge in [0.15, 0.2) is 34.8 Å². The van der Waals surface area contributed by atoms with Gasteiger partial charge in [0.1, 0.15) is 11.8 Å². The minimum absolute atomic E-state index is 0.0929. The number of benzene rings is 2. The third kappa shape index (κ3) is 4.72. The number of halogens is 7. The summed E-state index contributed by atoms with van der Waals surface area (Å²) in [5.41, 5.74) is 4.14. The molecule has 4 N–H and O–H groups in total. The summed E-state index contributed by atoms with van der Waals surface area (Å²) >= 11 is 0. The van der Waals surface area contributed by atoms with Crippen LogP contribution in [0.1, 0.15) is 5.56 Å². The van der Waals surface area contributed by atoms with Crippen LogP contribution in [0.4, 0.5) is 36.4 Å². The topological polar surface area (TPSA) is 107 Å². The maximum absolute atomic E-state index is 14.1. The lowest BCUT2D eigenvalue weighted by Gasteiger charge is -2.15. The predicted molar refractivity (Wildman–Crippen MR) is 86.4 cm³/mol. The number of hydrogen-bond donors (Lipinski definition) is 3. The monoisotopic (exact) mass is 419 g/mol. The molecule has 0 saturated carbocycles. The molecular formula is C16H8F7N5O. The van der Waals surface area contributed by atoms with Gasteiger partial charge >= 0.3 is 6.18 Å². The van der Waals surface area contributed by atoms with E-state index in [1.165, 1.54) is 6.07 Å². The molecule has 0 heterocycles. The Morgan fingerprint density at radius 2 is 1.66 bits per heavy atom. The number of rotatable bonds is 5. The highest BCUT2D eigenvalue weighted by molar-refractivity contribution is 6.45. The number of nitriles is 1. The first kappa shape index (κ1) is 21.5. The Labute approximate surface area is 157 Å². The zero-order valence-electron chi connectivity index (χ0n) is 13.8. The molecule has 0 aliphatic heterocycles. The fourth-order valence-corrected chi connectivity index (χ4v) is 1.90. The summed E-state index contributed by atoms with van der Waals surface area (Å²) in [4.78, 5) is 0. The number of alkyl halides is 3. The minimum atomic E-state index is -5.06. The molecule has 0 amide bonds. The molecule has 0 unspecified atom stereocenters. The minimum Gasteiger partial charge on any atom is -0.446 e. The molecule has 0 aliphatic rings. The summed E-state index contributed by atoms with van der Waals surface area (Å²) in [5, 5.41) is 19.2. The summed E-state index contributed by atoms with van der Waals surface area (Å²) in [6, 6.07) is 2.59. The molecule has 0 fully saturated rings. The van der Waals surface area contributed by atoms with E-state index in [2.05, 4.69) is 9.84 Å². The largest absolute Gasteiger partial charge is 0.446 e. The molecule has 6 nitrogen and oxygen atoms in total. The first-order valence-electron chi connectivity index (χ1n) is 7.26. The normalized spacial score (nSPS) is 11.7. The van der Waals surface area contributed by atoms with Gasteiger partial charge in [-0.05, 0) is 24.3 Å². The Kier molecular flexibility index (Phi) is 5.96.